The van der Waals surface area contributed by atoms with Gasteiger partial charge in [-0.2, -0.15) is 13.2 Å². The fraction of sp³-hybridized carbons (Fsp3) is 0.333. The SMILES string of the molecule is COC(CSc1nnc(C(F)(F)F)s1)c1ccccc1. The summed E-state index contributed by atoms with van der Waals surface area (Å²) in [7, 11) is 1.57. The van der Waals surface area contributed by atoms with E-state index in [2.05, 4.69) is 10.2 Å². The normalized spacial score (nSPS) is 13.4. The Balaban J connectivity index is 1.99. The van der Waals surface area contributed by atoms with Gasteiger partial charge < -0.3 is 4.74 Å². The zero-order valence-corrected chi connectivity index (χ0v) is 12.1. The minimum Gasteiger partial charge on any atom is -0.376 e. The van der Waals surface area contributed by atoms with Crippen LogP contribution in [0, 0.1) is 0 Å². The van der Waals surface area contributed by atoms with Crippen molar-refractivity contribution in [2.45, 2.75) is 16.6 Å². The first-order chi connectivity index (χ1) is 9.50. The molecule has 0 spiro atoms. The molecule has 8 heteroatoms. The molecule has 0 N–H and O–H groups in total. The zero-order chi connectivity index (χ0) is 14.6. The number of thioether (sulfide) groups is 1. The highest BCUT2D eigenvalue weighted by atomic mass is 32.2. The summed E-state index contributed by atoms with van der Waals surface area (Å²) >= 11 is 1.75. The van der Waals surface area contributed by atoms with Crippen molar-refractivity contribution in [3.05, 3.63) is 40.9 Å². The van der Waals surface area contributed by atoms with E-state index in [1.54, 1.807) is 7.11 Å². The minimum absolute atomic E-state index is 0.195. The van der Waals surface area contributed by atoms with Crippen molar-refractivity contribution in [2.24, 2.45) is 0 Å². The second kappa shape index (κ2) is 6.55. The molecule has 108 valence electrons. The predicted octanol–water partition coefficient (Wildman–Crippen LogP) is 4.04. The Morgan fingerprint density at radius 2 is 1.95 bits per heavy atom. The Morgan fingerprint density at radius 3 is 2.50 bits per heavy atom. The minimum atomic E-state index is -4.43. The van der Waals surface area contributed by atoms with Gasteiger partial charge in [0.05, 0.1) is 6.10 Å². The van der Waals surface area contributed by atoms with Gasteiger partial charge in [-0.15, -0.1) is 10.2 Å². The third kappa shape index (κ3) is 3.94. The van der Waals surface area contributed by atoms with E-state index in [-0.39, 0.29) is 10.4 Å². The number of ether oxygens (including phenoxy) is 1. The van der Waals surface area contributed by atoms with E-state index < -0.39 is 11.2 Å². The smallest absolute Gasteiger partial charge is 0.376 e. The highest BCUT2D eigenvalue weighted by Gasteiger charge is 2.35. The van der Waals surface area contributed by atoms with Gasteiger partial charge in [0, 0.05) is 12.9 Å². The number of hydrogen-bond donors (Lipinski definition) is 0. The largest absolute Gasteiger partial charge is 0.445 e. The van der Waals surface area contributed by atoms with Gasteiger partial charge in [-0.3, -0.25) is 0 Å². The fourth-order valence-corrected chi connectivity index (χ4v) is 3.34. The lowest BCUT2D eigenvalue weighted by Gasteiger charge is -2.14. The Kier molecular flexibility index (Phi) is 5.00. The lowest BCUT2D eigenvalue weighted by atomic mass is 10.1. The highest BCUT2D eigenvalue weighted by Crippen LogP contribution is 2.35. The molecule has 1 unspecified atom stereocenters. The van der Waals surface area contributed by atoms with Gasteiger partial charge >= 0.3 is 6.18 Å². The molecule has 0 amide bonds. The summed E-state index contributed by atoms with van der Waals surface area (Å²) in [5, 5.41) is 5.76. The molecular formula is C12H11F3N2OS2. The molecule has 0 aliphatic rings. The van der Waals surface area contributed by atoms with Gasteiger partial charge in [-0.05, 0) is 5.56 Å². The molecule has 20 heavy (non-hydrogen) atoms. The van der Waals surface area contributed by atoms with Crippen LogP contribution in [-0.4, -0.2) is 23.1 Å². The number of rotatable bonds is 5. The second-order valence-corrected chi connectivity index (χ2v) is 6.06. The lowest BCUT2D eigenvalue weighted by molar-refractivity contribution is -0.138. The first-order valence-electron chi connectivity index (χ1n) is 5.62. The van der Waals surface area contributed by atoms with Crippen molar-refractivity contribution in [1.29, 1.82) is 0 Å². The van der Waals surface area contributed by atoms with Crippen molar-refractivity contribution in [3.8, 4) is 0 Å². The van der Waals surface area contributed by atoms with E-state index in [4.69, 9.17) is 4.74 Å². The second-order valence-electron chi connectivity index (χ2n) is 3.82. The number of halogens is 3. The molecular weight excluding hydrogens is 309 g/mol. The average molecular weight is 320 g/mol. The molecule has 1 aromatic carbocycles. The summed E-state index contributed by atoms with van der Waals surface area (Å²) in [6.07, 6.45) is -4.63. The first-order valence-corrected chi connectivity index (χ1v) is 7.42. The van der Waals surface area contributed by atoms with Crippen LogP contribution in [-0.2, 0) is 10.9 Å². The number of hydrogen-bond acceptors (Lipinski definition) is 5. The summed E-state index contributed by atoms with van der Waals surface area (Å²) in [5.41, 5.74) is 0.975. The van der Waals surface area contributed by atoms with Crippen molar-refractivity contribution >= 4 is 23.1 Å². The topological polar surface area (TPSA) is 35.0 Å². The standard InChI is InChI=1S/C12H11F3N2OS2/c1-18-9(8-5-3-2-4-6-8)7-19-11-17-16-10(20-11)12(13,14)15/h2-6,9H,7H2,1H3. The number of benzene rings is 1. The molecule has 1 heterocycles. The number of aromatic nitrogens is 2. The first kappa shape index (κ1) is 15.3. The lowest BCUT2D eigenvalue weighted by Crippen LogP contribution is -2.04. The summed E-state index contributed by atoms with van der Waals surface area (Å²) in [6, 6.07) is 9.49. The van der Waals surface area contributed by atoms with Crippen LogP contribution in [0.4, 0.5) is 13.2 Å². The Labute approximate surface area is 122 Å². The molecule has 2 rings (SSSR count). The van der Waals surface area contributed by atoms with Gasteiger partial charge in [0.15, 0.2) is 4.34 Å². The van der Waals surface area contributed by atoms with Crippen LogP contribution < -0.4 is 0 Å². The maximum atomic E-state index is 12.4. The van der Waals surface area contributed by atoms with Crippen LogP contribution in [0.15, 0.2) is 34.7 Å². The highest BCUT2D eigenvalue weighted by molar-refractivity contribution is 8.01. The molecule has 1 aromatic heterocycles. The zero-order valence-electron chi connectivity index (χ0n) is 10.4. The quantitative estimate of drug-likeness (QED) is 0.779. The molecule has 3 nitrogen and oxygen atoms in total. The van der Waals surface area contributed by atoms with Crippen molar-refractivity contribution in [3.63, 3.8) is 0 Å². The summed E-state index contributed by atoms with van der Waals surface area (Å²) in [4.78, 5) is 0. The van der Waals surface area contributed by atoms with Crippen LogP contribution >= 0.6 is 23.1 Å². The van der Waals surface area contributed by atoms with Gasteiger partial charge in [-0.1, -0.05) is 53.4 Å². The van der Waals surface area contributed by atoms with Crippen LogP contribution in [0.2, 0.25) is 0 Å². The van der Waals surface area contributed by atoms with E-state index in [0.717, 1.165) is 5.56 Å². The van der Waals surface area contributed by atoms with Crippen LogP contribution in [0.5, 0.6) is 0 Å². The molecule has 0 aliphatic heterocycles. The van der Waals surface area contributed by atoms with E-state index in [1.807, 2.05) is 30.3 Å². The van der Waals surface area contributed by atoms with Crippen LogP contribution in [0.1, 0.15) is 16.7 Å². The van der Waals surface area contributed by atoms with Gasteiger partial charge in [0.2, 0.25) is 5.01 Å². The third-order valence-electron chi connectivity index (χ3n) is 2.46. The van der Waals surface area contributed by atoms with Crippen molar-refractivity contribution < 1.29 is 17.9 Å². The monoisotopic (exact) mass is 320 g/mol. The number of nitrogens with zero attached hydrogens (tertiary/aromatic N) is 2. The Morgan fingerprint density at radius 1 is 1.25 bits per heavy atom. The van der Waals surface area contributed by atoms with Gasteiger partial charge in [0.25, 0.3) is 0 Å². The number of alkyl halides is 3. The Bertz CT molecular complexity index is 545. The van der Waals surface area contributed by atoms with E-state index >= 15 is 0 Å². The van der Waals surface area contributed by atoms with Crippen molar-refractivity contribution in [1.82, 2.24) is 10.2 Å². The number of methoxy groups -OCH3 is 1. The van der Waals surface area contributed by atoms with E-state index in [1.165, 1.54) is 11.8 Å². The van der Waals surface area contributed by atoms with E-state index in [9.17, 15) is 13.2 Å². The summed E-state index contributed by atoms with van der Waals surface area (Å²) in [6.45, 7) is 0. The molecule has 0 radical (unpaired) electrons. The van der Waals surface area contributed by atoms with Crippen LogP contribution in [0.25, 0.3) is 0 Å². The predicted molar refractivity (Wildman–Crippen MR) is 71.8 cm³/mol. The van der Waals surface area contributed by atoms with Gasteiger partial charge in [0.1, 0.15) is 0 Å². The molecule has 0 saturated carbocycles. The molecule has 2 aromatic rings. The molecule has 0 aliphatic carbocycles. The molecule has 1 atom stereocenters. The molecule has 0 fully saturated rings. The summed E-state index contributed by atoms with van der Waals surface area (Å²) in [5.74, 6) is 0.479. The van der Waals surface area contributed by atoms with Gasteiger partial charge in [-0.25, -0.2) is 0 Å². The molecule has 0 bridgehead atoms. The average Bonchev–Trinajstić information content (AvgIpc) is 2.89. The van der Waals surface area contributed by atoms with Crippen LogP contribution in [0.3, 0.4) is 0 Å². The summed E-state index contributed by atoms with van der Waals surface area (Å²) < 4.78 is 42.8. The third-order valence-corrected chi connectivity index (χ3v) is 4.63. The fourth-order valence-electron chi connectivity index (χ4n) is 1.50. The maximum absolute atomic E-state index is 12.4. The van der Waals surface area contributed by atoms with E-state index in [0.29, 0.717) is 17.1 Å². The molecule has 0 saturated heterocycles. The maximum Gasteiger partial charge on any atom is 0.445 e. The van der Waals surface area contributed by atoms with Crippen molar-refractivity contribution in [2.75, 3.05) is 12.9 Å². The Hall–Kier alpha value is -1.12.